The van der Waals surface area contributed by atoms with Gasteiger partial charge in [-0.25, -0.2) is 0 Å². The van der Waals surface area contributed by atoms with Crippen LogP contribution in [0.3, 0.4) is 0 Å². The van der Waals surface area contributed by atoms with Crippen LogP contribution in [0.1, 0.15) is 27.7 Å². The molecule has 2 heterocycles. The summed E-state index contributed by atoms with van der Waals surface area (Å²) >= 11 is 2.31. The summed E-state index contributed by atoms with van der Waals surface area (Å²) in [6.45, 7) is 8.24. The normalized spacial score (nSPS) is 41.4. The van der Waals surface area contributed by atoms with Gasteiger partial charge >= 0.3 is 0 Å². The minimum Gasteiger partial charge on any atom is -0.348 e. The molecule has 2 aliphatic rings. The first-order valence-electron chi connectivity index (χ1n) is 5.56. The van der Waals surface area contributed by atoms with Crippen molar-refractivity contribution in [3.8, 4) is 0 Å². The van der Waals surface area contributed by atoms with E-state index in [1.807, 2.05) is 27.7 Å². The van der Waals surface area contributed by atoms with Crippen molar-refractivity contribution in [1.29, 1.82) is 0 Å². The van der Waals surface area contributed by atoms with Crippen molar-refractivity contribution < 1.29 is 18.9 Å². The highest BCUT2D eigenvalue weighted by Crippen LogP contribution is 2.36. The topological polar surface area (TPSA) is 36.9 Å². The van der Waals surface area contributed by atoms with Crippen molar-refractivity contribution >= 4 is 22.6 Å². The Hall–Kier alpha value is 0.570. The van der Waals surface area contributed by atoms with Crippen molar-refractivity contribution in [3.05, 3.63) is 0 Å². The molecule has 0 saturated carbocycles. The quantitative estimate of drug-likeness (QED) is 0.540. The molecule has 2 rings (SSSR count). The van der Waals surface area contributed by atoms with Gasteiger partial charge in [0, 0.05) is 4.43 Å². The van der Waals surface area contributed by atoms with Gasteiger partial charge in [-0.2, -0.15) is 0 Å². The zero-order valence-corrected chi connectivity index (χ0v) is 12.3. The molecular formula is C11H19IO4. The number of hydrogen-bond acceptors (Lipinski definition) is 4. The van der Waals surface area contributed by atoms with E-state index in [1.54, 1.807) is 0 Å². The van der Waals surface area contributed by atoms with Crippen molar-refractivity contribution in [2.75, 3.05) is 11.0 Å². The molecule has 0 aromatic heterocycles. The molecule has 0 aliphatic carbocycles. The van der Waals surface area contributed by atoms with Crippen molar-refractivity contribution in [2.45, 2.75) is 57.6 Å². The molecule has 0 N–H and O–H groups in total. The van der Waals surface area contributed by atoms with E-state index in [4.69, 9.17) is 18.9 Å². The molecule has 4 nitrogen and oxygen atoms in total. The third-order valence-electron chi connectivity index (χ3n) is 2.77. The maximum Gasteiger partial charge on any atom is 0.164 e. The Morgan fingerprint density at radius 1 is 1.06 bits per heavy atom. The van der Waals surface area contributed by atoms with Crippen LogP contribution in [0.25, 0.3) is 0 Å². The van der Waals surface area contributed by atoms with E-state index in [2.05, 4.69) is 22.6 Å². The minimum absolute atomic E-state index is 0.0184. The van der Waals surface area contributed by atoms with Gasteiger partial charge in [0.05, 0.1) is 12.7 Å². The number of rotatable bonds is 1. The first-order chi connectivity index (χ1) is 7.33. The van der Waals surface area contributed by atoms with Crippen LogP contribution in [-0.4, -0.2) is 40.9 Å². The van der Waals surface area contributed by atoms with Crippen LogP contribution in [0.2, 0.25) is 0 Å². The molecule has 0 spiro atoms. The molecule has 0 aromatic carbocycles. The molecule has 2 fully saturated rings. The Bertz CT molecular complexity index is 267. The Kier molecular flexibility index (Phi) is 3.54. The Balaban J connectivity index is 2.16. The molecule has 2 saturated heterocycles. The maximum atomic E-state index is 5.92. The van der Waals surface area contributed by atoms with Crippen LogP contribution in [-0.2, 0) is 18.9 Å². The van der Waals surface area contributed by atoms with Crippen molar-refractivity contribution in [1.82, 2.24) is 0 Å². The Labute approximate surface area is 110 Å². The standard InChI is InChI=1S/C11H19IO4/c1-10(2)13-6-8-9(7(5-12)14-10)16-11(3,4)15-8/h7-9H,5-6H2,1-4H3/t7-,8+,9-/m0/s1. The van der Waals surface area contributed by atoms with E-state index < -0.39 is 11.6 Å². The van der Waals surface area contributed by atoms with Crippen molar-refractivity contribution in [2.24, 2.45) is 0 Å². The lowest BCUT2D eigenvalue weighted by Gasteiger charge is -2.29. The van der Waals surface area contributed by atoms with Crippen LogP contribution >= 0.6 is 22.6 Å². The van der Waals surface area contributed by atoms with Crippen LogP contribution < -0.4 is 0 Å². The SMILES string of the molecule is CC1(C)OC[C@H]2OC(C)(C)O[C@H]2[C@H](CI)O1. The van der Waals surface area contributed by atoms with Gasteiger partial charge in [-0.05, 0) is 27.7 Å². The highest BCUT2D eigenvalue weighted by atomic mass is 127. The second-order valence-corrected chi connectivity index (χ2v) is 6.04. The maximum absolute atomic E-state index is 5.92. The van der Waals surface area contributed by atoms with Crippen molar-refractivity contribution in [3.63, 3.8) is 0 Å². The zero-order valence-electron chi connectivity index (χ0n) is 10.2. The van der Waals surface area contributed by atoms with Crippen LogP contribution in [0.15, 0.2) is 0 Å². The summed E-state index contributed by atoms with van der Waals surface area (Å²) in [5.41, 5.74) is 0. The largest absolute Gasteiger partial charge is 0.348 e. The molecule has 2 aliphatic heterocycles. The third kappa shape index (κ3) is 2.69. The molecule has 0 radical (unpaired) electrons. The average Bonchev–Trinajstić information content (AvgIpc) is 2.42. The molecular weight excluding hydrogens is 323 g/mol. The third-order valence-corrected chi connectivity index (χ3v) is 3.64. The fraction of sp³-hybridized carbons (Fsp3) is 1.00. The molecule has 3 atom stereocenters. The van der Waals surface area contributed by atoms with E-state index in [1.165, 1.54) is 0 Å². The molecule has 94 valence electrons. The first kappa shape index (κ1) is 13.0. The van der Waals surface area contributed by atoms with Gasteiger partial charge in [-0.3, -0.25) is 0 Å². The van der Waals surface area contributed by atoms with Gasteiger partial charge < -0.3 is 18.9 Å². The molecule has 0 unspecified atom stereocenters. The summed E-state index contributed by atoms with van der Waals surface area (Å²) in [5, 5.41) is 0. The van der Waals surface area contributed by atoms with Gasteiger partial charge in [-0.15, -0.1) is 0 Å². The Morgan fingerprint density at radius 2 is 1.75 bits per heavy atom. The van der Waals surface area contributed by atoms with Gasteiger partial charge in [0.2, 0.25) is 0 Å². The lowest BCUT2D eigenvalue weighted by Crippen LogP contribution is -2.40. The summed E-state index contributed by atoms with van der Waals surface area (Å²) in [6, 6.07) is 0. The average molecular weight is 342 g/mol. The lowest BCUT2D eigenvalue weighted by atomic mass is 10.1. The summed E-state index contributed by atoms with van der Waals surface area (Å²) in [5.74, 6) is -1.09. The Morgan fingerprint density at radius 3 is 2.38 bits per heavy atom. The smallest absolute Gasteiger partial charge is 0.164 e. The number of halogens is 1. The first-order valence-corrected chi connectivity index (χ1v) is 7.09. The molecule has 0 amide bonds. The van der Waals surface area contributed by atoms with Gasteiger partial charge in [0.1, 0.15) is 12.2 Å². The van der Waals surface area contributed by atoms with Gasteiger partial charge in [-0.1, -0.05) is 22.6 Å². The molecule has 16 heavy (non-hydrogen) atoms. The monoisotopic (exact) mass is 342 g/mol. The molecule has 0 bridgehead atoms. The van der Waals surface area contributed by atoms with E-state index >= 15 is 0 Å². The van der Waals surface area contributed by atoms with Crippen LogP contribution in [0, 0.1) is 0 Å². The second kappa shape index (κ2) is 4.35. The predicted molar refractivity (Wildman–Crippen MR) is 67.6 cm³/mol. The predicted octanol–water partition coefficient (Wildman–Crippen LogP) is 2.09. The second-order valence-electron chi connectivity index (χ2n) is 5.16. The summed E-state index contributed by atoms with van der Waals surface area (Å²) < 4.78 is 24.2. The number of fused-ring (bicyclic) bond motifs is 1. The number of alkyl halides is 1. The fourth-order valence-corrected chi connectivity index (χ4v) is 2.86. The fourth-order valence-electron chi connectivity index (χ4n) is 2.17. The van der Waals surface area contributed by atoms with Gasteiger partial charge in [0.25, 0.3) is 0 Å². The van der Waals surface area contributed by atoms with Gasteiger partial charge in [0.15, 0.2) is 11.6 Å². The summed E-state index contributed by atoms with van der Waals surface area (Å²) in [4.78, 5) is 0. The van der Waals surface area contributed by atoms with E-state index in [9.17, 15) is 0 Å². The highest BCUT2D eigenvalue weighted by Gasteiger charge is 2.49. The summed E-state index contributed by atoms with van der Waals surface area (Å²) in [6.07, 6.45) is -0.0462. The zero-order chi connectivity index (χ0) is 12.0. The van der Waals surface area contributed by atoms with E-state index in [0.717, 1.165) is 4.43 Å². The minimum atomic E-state index is -0.558. The van der Waals surface area contributed by atoms with Crippen LogP contribution in [0.5, 0.6) is 0 Å². The molecule has 5 heteroatoms. The highest BCUT2D eigenvalue weighted by molar-refractivity contribution is 14.1. The van der Waals surface area contributed by atoms with E-state index in [-0.39, 0.29) is 18.3 Å². The summed E-state index contributed by atoms with van der Waals surface area (Å²) in [7, 11) is 0. The molecule has 0 aromatic rings. The number of ether oxygens (including phenoxy) is 4. The van der Waals surface area contributed by atoms with Crippen LogP contribution in [0.4, 0.5) is 0 Å². The van der Waals surface area contributed by atoms with E-state index in [0.29, 0.717) is 6.61 Å². The lowest BCUT2D eigenvalue weighted by molar-refractivity contribution is -0.250. The number of hydrogen-bond donors (Lipinski definition) is 0.